The van der Waals surface area contributed by atoms with Gasteiger partial charge in [-0.25, -0.2) is 9.79 Å². The van der Waals surface area contributed by atoms with Gasteiger partial charge in [-0.2, -0.15) is 0 Å². The summed E-state index contributed by atoms with van der Waals surface area (Å²) in [6.07, 6.45) is -0.325. The van der Waals surface area contributed by atoms with Crippen molar-refractivity contribution < 1.29 is 14.6 Å². The lowest BCUT2D eigenvalue weighted by molar-refractivity contribution is 0.0264. The van der Waals surface area contributed by atoms with E-state index in [-0.39, 0.29) is 12.6 Å². The Balaban J connectivity index is 2.60. The number of ether oxygens (including phenoxy) is 1. The van der Waals surface area contributed by atoms with Gasteiger partial charge in [0.15, 0.2) is 5.96 Å². The number of aliphatic imine (C=N–C) groups is 1. The summed E-state index contributed by atoms with van der Waals surface area (Å²) in [6, 6.07) is 3.82. The minimum atomic E-state index is -1.01. The van der Waals surface area contributed by atoms with Crippen LogP contribution < -0.4 is 10.6 Å². The van der Waals surface area contributed by atoms with E-state index >= 15 is 0 Å². The lowest BCUT2D eigenvalue weighted by Crippen LogP contribution is -2.44. The minimum Gasteiger partial charge on any atom is -0.444 e. The first kappa shape index (κ1) is 23.2. The van der Waals surface area contributed by atoms with E-state index < -0.39 is 11.2 Å². The molecule has 1 unspecified atom stereocenters. The second-order valence-electron chi connectivity index (χ2n) is 7.43. The van der Waals surface area contributed by atoms with Crippen LogP contribution in [-0.4, -0.2) is 60.4 Å². The van der Waals surface area contributed by atoms with E-state index in [2.05, 4.69) is 15.6 Å². The first-order chi connectivity index (χ1) is 12.6. The maximum Gasteiger partial charge on any atom is 0.410 e. The number of amides is 1. The predicted octanol–water partition coefficient (Wildman–Crippen LogP) is 2.77. The molecule has 0 aliphatic rings. The van der Waals surface area contributed by atoms with Gasteiger partial charge in [0, 0.05) is 31.1 Å². The summed E-state index contributed by atoms with van der Waals surface area (Å²) in [6.45, 7) is 13.8. The molecule has 1 heterocycles. The predicted molar refractivity (Wildman–Crippen MR) is 111 cm³/mol. The number of carbonyl (C=O) groups excluding carboxylic acids is 1. The Morgan fingerprint density at radius 1 is 1.30 bits per heavy atom. The first-order valence-corrected chi connectivity index (χ1v) is 10.2. The largest absolute Gasteiger partial charge is 0.444 e. The van der Waals surface area contributed by atoms with Gasteiger partial charge in [0.05, 0.1) is 6.54 Å². The van der Waals surface area contributed by atoms with E-state index in [0.29, 0.717) is 32.1 Å². The third kappa shape index (κ3) is 8.62. The lowest BCUT2D eigenvalue weighted by atomic mass is 10.1. The van der Waals surface area contributed by atoms with E-state index in [1.165, 1.54) is 11.3 Å². The summed E-state index contributed by atoms with van der Waals surface area (Å²) < 4.78 is 5.41. The fourth-order valence-electron chi connectivity index (χ4n) is 2.25. The Kier molecular flexibility index (Phi) is 9.05. The molecule has 1 aromatic heterocycles. The number of aliphatic hydroxyl groups is 1. The fourth-order valence-corrected chi connectivity index (χ4v) is 3.03. The number of carbonyl (C=O) groups is 1. The lowest BCUT2D eigenvalue weighted by Gasteiger charge is -2.27. The highest BCUT2D eigenvalue weighted by molar-refractivity contribution is 7.10. The number of thiophene rings is 1. The summed E-state index contributed by atoms with van der Waals surface area (Å²) in [5.41, 5.74) is -1.52. The van der Waals surface area contributed by atoms with E-state index in [9.17, 15) is 9.90 Å². The molecular weight excluding hydrogens is 364 g/mol. The zero-order chi connectivity index (χ0) is 20.5. The van der Waals surface area contributed by atoms with Crippen molar-refractivity contribution in [3.05, 3.63) is 22.4 Å². The van der Waals surface area contributed by atoms with Crippen molar-refractivity contribution in [2.75, 3.05) is 32.7 Å². The van der Waals surface area contributed by atoms with Crippen LogP contribution in [0.4, 0.5) is 4.79 Å². The molecule has 0 aliphatic carbocycles. The van der Waals surface area contributed by atoms with Crippen molar-refractivity contribution in [1.82, 2.24) is 15.5 Å². The SMILES string of the molecule is CCNC(=NCC(C)(O)c1cccs1)NCCN(CC)C(=O)OC(C)(C)C. The van der Waals surface area contributed by atoms with E-state index in [4.69, 9.17) is 4.74 Å². The molecule has 27 heavy (non-hydrogen) atoms. The maximum absolute atomic E-state index is 12.2. The van der Waals surface area contributed by atoms with Crippen molar-refractivity contribution in [2.45, 2.75) is 52.7 Å². The number of guanidine groups is 1. The molecule has 0 saturated heterocycles. The van der Waals surface area contributed by atoms with Crippen LogP contribution in [-0.2, 0) is 10.3 Å². The van der Waals surface area contributed by atoms with Gasteiger partial charge in [0.2, 0.25) is 0 Å². The molecule has 1 amide bonds. The van der Waals surface area contributed by atoms with Gasteiger partial charge in [-0.05, 0) is 53.0 Å². The average Bonchev–Trinajstić information content (AvgIpc) is 3.10. The highest BCUT2D eigenvalue weighted by Gasteiger charge is 2.24. The molecule has 7 nitrogen and oxygen atoms in total. The zero-order valence-corrected chi connectivity index (χ0v) is 18.2. The zero-order valence-electron chi connectivity index (χ0n) is 17.3. The second kappa shape index (κ2) is 10.5. The summed E-state index contributed by atoms with van der Waals surface area (Å²) in [4.78, 5) is 19.2. The smallest absolute Gasteiger partial charge is 0.410 e. The Labute approximate surface area is 166 Å². The number of hydrogen-bond acceptors (Lipinski definition) is 5. The van der Waals surface area contributed by atoms with Gasteiger partial charge in [0.25, 0.3) is 0 Å². The van der Waals surface area contributed by atoms with Crippen LogP contribution in [0.2, 0.25) is 0 Å². The molecule has 0 aromatic carbocycles. The number of rotatable bonds is 8. The van der Waals surface area contributed by atoms with Crippen molar-refractivity contribution >= 4 is 23.4 Å². The highest BCUT2D eigenvalue weighted by Crippen LogP contribution is 2.25. The van der Waals surface area contributed by atoms with E-state index in [1.807, 2.05) is 52.1 Å². The van der Waals surface area contributed by atoms with Crippen LogP contribution in [0.5, 0.6) is 0 Å². The summed E-state index contributed by atoms with van der Waals surface area (Å²) in [7, 11) is 0. The van der Waals surface area contributed by atoms with Gasteiger partial charge in [-0.15, -0.1) is 11.3 Å². The first-order valence-electron chi connectivity index (χ1n) is 9.35. The quantitative estimate of drug-likeness (QED) is 0.463. The fraction of sp³-hybridized carbons (Fsp3) is 0.684. The van der Waals surface area contributed by atoms with Gasteiger partial charge in [0.1, 0.15) is 11.2 Å². The molecule has 3 N–H and O–H groups in total. The van der Waals surface area contributed by atoms with Crippen molar-refractivity contribution in [3.63, 3.8) is 0 Å². The third-order valence-electron chi connectivity index (χ3n) is 3.65. The summed E-state index contributed by atoms with van der Waals surface area (Å²) >= 11 is 1.51. The Morgan fingerprint density at radius 3 is 2.52 bits per heavy atom. The minimum absolute atomic E-state index is 0.242. The molecule has 0 spiro atoms. The van der Waals surface area contributed by atoms with Crippen LogP contribution in [0.15, 0.2) is 22.5 Å². The maximum atomic E-state index is 12.2. The van der Waals surface area contributed by atoms with Gasteiger partial charge >= 0.3 is 6.09 Å². The van der Waals surface area contributed by atoms with Crippen molar-refractivity contribution in [1.29, 1.82) is 0 Å². The van der Waals surface area contributed by atoms with Crippen LogP contribution in [0.1, 0.15) is 46.4 Å². The van der Waals surface area contributed by atoms with Crippen LogP contribution in [0, 0.1) is 0 Å². The molecule has 0 radical (unpaired) electrons. The Morgan fingerprint density at radius 2 is 2.00 bits per heavy atom. The molecular formula is C19H34N4O3S. The van der Waals surface area contributed by atoms with Crippen molar-refractivity contribution in [2.24, 2.45) is 4.99 Å². The molecule has 154 valence electrons. The second-order valence-corrected chi connectivity index (χ2v) is 8.38. The van der Waals surface area contributed by atoms with Crippen LogP contribution in [0.25, 0.3) is 0 Å². The molecule has 1 aromatic rings. The number of nitrogens with one attached hydrogen (secondary N) is 2. The Bertz CT molecular complexity index is 595. The van der Waals surface area contributed by atoms with Crippen LogP contribution >= 0.6 is 11.3 Å². The molecule has 8 heteroatoms. The molecule has 0 fully saturated rings. The normalized spacial score (nSPS) is 14.4. The van der Waals surface area contributed by atoms with Crippen molar-refractivity contribution in [3.8, 4) is 0 Å². The molecule has 1 atom stereocenters. The van der Waals surface area contributed by atoms with Gasteiger partial charge in [-0.3, -0.25) is 0 Å². The van der Waals surface area contributed by atoms with E-state index in [1.54, 1.807) is 11.8 Å². The molecule has 0 saturated carbocycles. The number of likely N-dealkylation sites (N-methyl/N-ethyl adjacent to an activating group) is 1. The average molecular weight is 399 g/mol. The number of hydrogen-bond donors (Lipinski definition) is 3. The highest BCUT2D eigenvalue weighted by atomic mass is 32.1. The third-order valence-corrected chi connectivity index (χ3v) is 4.77. The monoisotopic (exact) mass is 398 g/mol. The standard InChI is InChI=1S/C19H34N4O3S/c1-7-20-16(22-14-19(6,25)15-10-9-13-27-15)21-11-12-23(8-2)17(24)26-18(3,4)5/h9-10,13,25H,7-8,11-12,14H2,1-6H3,(H2,20,21,22). The number of nitrogens with zero attached hydrogens (tertiary/aromatic N) is 2. The topological polar surface area (TPSA) is 86.2 Å². The summed E-state index contributed by atoms with van der Waals surface area (Å²) in [5.74, 6) is 0.606. The van der Waals surface area contributed by atoms with Gasteiger partial charge < -0.3 is 25.4 Å². The molecule has 1 rings (SSSR count). The van der Waals surface area contributed by atoms with E-state index in [0.717, 1.165) is 4.88 Å². The molecule has 0 aliphatic heterocycles. The summed E-state index contributed by atoms with van der Waals surface area (Å²) in [5, 5.41) is 18.9. The van der Waals surface area contributed by atoms with Gasteiger partial charge in [-0.1, -0.05) is 6.07 Å². The molecule has 0 bridgehead atoms. The Hall–Kier alpha value is -1.80. The van der Waals surface area contributed by atoms with Crippen LogP contribution in [0.3, 0.4) is 0 Å².